The highest BCUT2D eigenvalue weighted by Gasteiger charge is 2.17. The summed E-state index contributed by atoms with van der Waals surface area (Å²) in [6.07, 6.45) is 4.18. The summed E-state index contributed by atoms with van der Waals surface area (Å²) >= 11 is 35.9. The van der Waals surface area contributed by atoms with Gasteiger partial charge in [0.1, 0.15) is 57.8 Å². The van der Waals surface area contributed by atoms with Crippen molar-refractivity contribution in [2.24, 2.45) is 0 Å². The number of thiol groups is 2. The second kappa shape index (κ2) is 370. The van der Waals surface area contributed by atoms with E-state index in [9.17, 15) is 63.3 Å². The summed E-state index contributed by atoms with van der Waals surface area (Å²) in [5.74, 6) is 5.91. The van der Waals surface area contributed by atoms with Crippen LogP contribution in [0.15, 0.2) is 0 Å². The van der Waals surface area contributed by atoms with Crippen molar-refractivity contribution < 1.29 is 190 Å². The Kier molecular flexibility index (Phi) is 701. The molecule has 27 N–H and O–H groups in total. The standard InChI is InChI=1S/C10H18O4S2.C7H14O3S2.3C4H8OS.4C3H5ClO.23CH4O.CH4S.2H2/c1-7(11)3-15-5-9(13)10(14)6-16-4-8(2)12;1-5(8)3-12-4-7(10)6(9)2-11;3*1-4(5)3-6-2;4*1-3(5)2-4;24*1-2;;/h9-10,13-14H,3-6H2,1-2H3;6-7,9-11H,2-4H2,1H3;3*3H2,1-2H3;4*2H2,1H3;24*2H,1H3;2*1H/i;;;;;;;;;;;;;;;;;;;;;;;;;;;;;;;;;1+2D;1+2. The van der Waals surface area contributed by atoms with Gasteiger partial charge in [-0.3, -0.25) is 47.9 Å². The zero-order valence-corrected chi connectivity index (χ0v) is 84.9. The van der Waals surface area contributed by atoms with Crippen LogP contribution in [0, 0.1) is 0 Å². The summed E-state index contributed by atoms with van der Waals surface area (Å²) in [5, 5.41) is 198. The fourth-order valence-corrected chi connectivity index (χ4v) is 6.10. The lowest BCUT2D eigenvalue weighted by Gasteiger charge is -2.16. The van der Waals surface area contributed by atoms with E-state index in [0.29, 0.717) is 51.8 Å². The molecular formula is C65H176Cl4O37S8. The minimum Gasteiger partial charge on any atom is -0.400 e. The van der Waals surface area contributed by atoms with Crippen LogP contribution >= 0.6 is 142 Å². The number of Topliss-reactive ketones (excluding diaryl/α,β-unsaturated/α-hetero) is 10. The van der Waals surface area contributed by atoms with Crippen LogP contribution in [-0.2, 0) is 47.9 Å². The zero-order valence-electron chi connectivity index (χ0n) is 77.2. The van der Waals surface area contributed by atoms with E-state index in [0.717, 1.165) is 164 Å². The van der Waals surface area contributed by atoms with E-state index >= 15 is 0 Å². The average molecular weight is 1950 g/mol. The number of aliphatic hydroxyl groups is 27. The molecule has 0 aromatic heterocycles. The molecule has 0 spiro atoms. The molecule has 0 rings (SSSR count). The highest BCUT2D eigenvalue weighted by Crippen LogP contribution is 2.11. The summed E-state index contributed by atoms with van der Waals surface area (Å²) in [6.45, 7) is 15.1. The molecule has 0 amide bonds. The predicted octanol–water partition coefficient (Wildman–Crippen LogP) is -1.58. The van der Waals surface area contributed by atoms with E-state index in [4.69, 9.17) is 172 Å². The molecule has 4 unspecified atom stereocenters. The molecule has 4 atom stereocenters. The number of hydrogen-bond donors (Lipinski definition) is 29. The van der Waals surface area contributed by atoms with Crippen LogP contribution in [0.1, 0.15) is 73.6 Å². The van der Waals surface area contributed by atoms with Crippen LogP contribution in [0.2, 0.25) is 0 Å². The first-order valence-corrected chi connectivity index (χ1v) is 41.2. The van der Waals surface area contributed by atoms with Crippen molar-refractivity contribution in [1.29, 1.82) is 0 Å². The summed E-state index contributed by atoms with van der Waals surface area (Å²) in [7, 11) is 23.0. The Bertz CT molecular complexity index is 1230. The predicted molar refractivity (Wildman–Crippen MR) is 501 cm³/mol. The molecule has 0 heterocycles. The number of rotatable bonds is 25. The third kappa shape index (κ3) is 687. The van der Waals surface area contributed by atoms with Crippen LogP contribution in [-0.4, -0.2) is 490 Å². The number of alkyl halides is 4. The van der Waals surface area contributed by atoms with Gasteiger partial charge in [0.25, 0.3) is 0 Å². The first-order chi connectivity index (χ1) is 55.4. The first-order valence-electron chi connectivity index (χ1n) is 30.9. The quantitative estimate of drug-likeness (QED) is 0.0362. The second-order valence-corrected chi connectivity index (χ2v) is 20.0. The summed E-state index contributed by atoms with van der Waals surface area (Å²) in [6, 6.07) is 0. The van der Waals surface area contributed by atoms with Gasteiger partial charge in [-0.05, 0) is 94.3 Å². The van der Waals surface area contributed by atoms with Gasteiger partial charge in [0, 0.05) is 191 Å². The molecule has 0 saturated heterocycles. The fraction of sp³-hybridized carbons (Fsp3) is 0.846. The van der Waals surface area contributed by atoms with Crippen molar-refractivity contribution in [3.05, 3.63) is 0 Å². The molecule has 0 aliphatic heterocycles. The lowest BCUT2D eigenvalue weighted by Crippen LogP contribution is -2.30. The molecule has 0 aromatic rings. The molecule has 734 valence electrons. The monoisotopic (exact) mass is 1950 g/mol. The second-order valence-electron chi connectivity index (χ2n) is 12.9. The SMILES string of the molecule is CC(=O)CCl.CC(=O)CCl.CC(=O)CCl.CC(=O)CCl.CC(=O)CSCC(O)C(O)CS.CC(=O)CSCC(O)C(O)CSCC(C)=O.CO.CO.CO.CO.CO.CO.CO.CO.CO.CO.CO.CO.CO.CO.CO.CO.CO.CO.CO.CO.CO.CO.CO.CS.CSCC(C)=O.CSCC(C)=O.CSCC(C)=O.[2H][3H].[3HH]. The molecule has 0 fully saturated rings. The number of hydrogen-bond acceptors (Lipinski definition) is 45. The molecule has 0 radical (unpaired) electrons. The Morgan fingerprint density at radius 2 is 0.333 bits per heavy atom. The van der Waals surface area contributed by atoms with Crippen LogP contribution < -0.4 is 0 Å². The number of carbonyl (C=O) groups excluding carboxylic acids is 10. The number of ketones is 10. The van der Waals surface area contributed by atoms with E-state index in [-0.39, 0.29) is 88.5 Å². The van der Waals surface area contributed by atoms with Gasteiger partial charge in [-0.2, -0.15) is 95.8 Å². The Morgan fingerprint density at radius 1 is 0.246 bits per heavy atom. The Labute approximate surface area is 748 Å². The lowest BCUT2D eigenvalue weighted by molar-refractivity contribution is -0.115. The van der Waals surface area contributed by atoms with Crippen molar-refractivity contribution in [3.8, 4) is 0 Å². The largest absolute Gasteiger partial charge is 0.400 e. The molecular weight excluding hydrogens is 1770 g/mol. The van der Waals surface area contributed by atoms with Crippen LogP contribution in [0.4, 0.5) is 0 Å². The fourth-order valence-electron chi connectivity index (χ4n) is 2.03. The van der Waals surface area contributed by atoms with Crippen molar-refractivity contribution in [1.82, 2.24) is 0 Å². The molecule has 0 aromatic carbocycles. The van der Waals surface area contributed by atoms with Crippen molar-refractivity contribution >= 4 is 200 Å². The molecule has 0 aliphatic rings. The van der Waals surface area contributed by atoms with E-state index in [1.54, 1.807) is 62.3 Å². The zero-order chi connectivity index (χ0) is 104. The third-order valence-electron chi connectivity index (χ3n) is 4.65. The third-order valence-corrected chi connectivity index (χ3v) is 12.2. The molecule has 0 bridgehead atoms. The summed E-state index contributed by atoms with van der Waals surface area (Å²) in [4.78, 5) is 101. The number of halogens is 4. The normalized spacial score (nSPS) is 7.67. The Morgan fingerprint density at radius 3 is 0.386 bits per heavy atom. The molecule has 0 aliphatic carbocycles. The first kappa shape index (κ1) is 216. The highest BCUT2D eigenvalue weighted by molar-refractivity contribution is 8.00. The summed E-state index contributed by atoms with van der Waals surface area (Å²) < 4.78 is 10.0. The topological polar surface area (TPSA) is 717 Å². The number of aliphatic hydroxyl groups excluding tert-OH is 27. The van der Waals surface area contributed by atoms with E-state index in [1.807, 2.05) is 18.8 Å². The van der Waals surface area contributed by atoms with Gasteiger partial charge in [0.05, 0.1) is 82.5 Å². The smallest absolute Gasteiger partial charge is 0.144 e. The maximum Gasteiger partial charge on any atom is 0.144 e. The Hall–Kier alpha value is -0.420. The lowest BCUT2D eigenvalue weighted by atomic mass is 10.3. The molecule has 49 heteroatoms. The minimum atomic E-state index is -0.844. The van der Waals surface area contributed by atoms with Crippen LogP contribution in [0.3, 0.4) is 0 Å². The Balaban J connectivity index is -0.0000000186. The van der Waals surface area contributed by atoms with Crippen molar-refractivity contribution in [3.63, 3.8) is 0 Å². The number of carbonyl (C=O) groups is 10. The van der Waals surface area contributed by atoms with E-state index in [2.05, 4.69) is 25.3 Å². The van der Waals surface area contributed by atoms with Gasteiger partial charge in [0.15, 0.2) is 0 Å². The summed E-state index contributed by atoms with van der Waals surface area (Å²) in [5.41, 5.74) is 0. The molecule has 37 nitrogen and oxygen atoms in total. The number of thioether (sulfide) groups is 6. The molecule has 0 saturated carbocycles. The minimum absolute atomic E-state index is 0. The maximum absolute atomic E-state index is 10.6. The van der Waals surface area contributed by atoms with Crippen LogP contribution in [0.25, 0.3) is 0 Å². The highest BCUT2D eigenvalue weighted by atomic mass is 35.5. The van der Waals surface area contributed by atoms with Gasteiger partial charge < -0.3 is 138 Å². The molecule has 114 heavy (non-hydrogen) atoms. The van der Waals surface area contributed by atoms with Crippen LogP contribution in [0.5, 0.6) is 0 Å². The average Bonchev–Trinajstić information content (AvgIpc) is 0.981. The van der Waals surface area contributed by atoms with Gasteiger partial charge in [0.2, 0.25) is 0 Å². The van der Waals surface area contributed by atoms with Gasteiger partial charge >= 0.3 is 0 Å². The van der Waals surface area contributed by atoms with Crippen molar-refractivity contribution in [2.45, 2.75) is 93.7 Å². The van der Waals surface area contributed by atoms with Gasteiger partial charge in [-0.25, -0.2) is 0 Å². The van der Waals surface area contributed by atoms with Gasteiger partial charge in [-0.1, -0.05) is 0 Å². The van der Waals surface area contributed by atoms with Gasteiger partial charge in [-0.15, -0.1) is 46.4 Å². The van der Waals surface area contributed by atoms with E-state index in [1.165, 1.54) is 83.8 Å². The van der Waals surface area contributed by atoms with Crippen molar-refractivity contribution in [2.75, 3.05) is 270 Å². The maximum atomic E-state index is 10.6. The van der Waals surface area contributed by atoms with E-state index < -0.39 is 24.4 Å².